The highest BCUT2D eigenvalue weighted by Gasteiger charge is 2.43. The normalized spacial score (nSPS) is 36.4. The molecule has 2 aliphatic heterocycles. The van der Waals surface area contributed by atoms with Crippen LogP contribution in [0.25, 0.3) is 0 Å². The summed E-state index contributed by atoms with van der Waals surface area (Å²) in [5, 5.41) is 3.29. The third-order valence-corrected chi connectivity index (χ3v) is 4.03. The van der Waals surface area contributed by atoms with Gasteiger partial charge in [-0.3, -0.25) is 0 Å². The maximum absolute atomic E-state index is 12.7. The van der Waals surface area contributed by atoms with Gasteiger partial charge in [0.1, 0.15) is 0 Å². The molecule has 5 heteroatoms. The van der Waals surface area contributed by atoms with Crippen LogP contribution in [-0.4, -0.2) is 43.8 Å². The van der Waals surface area contributed by atoms with E-state index in [4.69, 9.17) is 0 Å². The lowest BCUT2D eigenvalue weighted by Gasteiger charge is -2.38. The van der Waals surface area contributed by atoms with E-state index in [1.165, 1.54) is 0 Å². The number of nitrogens with one attached hydrogen (secondary N) is 1. The van der Waals surface area contributed by atoms with Crippen molar-refractivity contribution in [2.45, 2.75) is 32.4 Å². The summed E-state index contributed by atoms with van der Waals surface area (Å²) in [7, 11) is 0. The van der Waals surface area contributed by atoms with Gasteiger partial charge in [-0.2, -0.15) is 13.2 Å². The molecule has 0 aromatic rings. The monoisotopic (exact) mass is 250 g/mol. The second-order valence-electron chi connectivity index (χ2n) is 5.85. The quantitative estimate of drug-likeness (QED) is 0.808. The van der Waals surface area contributed by atoms with Gasteiger partial charge in [0.2, 0.25) is 0 Å². The molecule has 2 unspecified atom stereocenters. The molecule has 1 N–H and O–H groups in total. The minimum absolute atomic E-state index is 0.160. The summed E-state index contributed by atoms with van der Waals surface area (Å²) in [6.45, 7) is 5.91. The minimum Gasteiger partial charge on any atom is -0.316 e. The molecular weight excluding hydrogens is 229 g/mol. The first-order valence-electron chi connectivity index (χ1n) is 6.39. The van der Waals surface area contributed by atoms with Crippen molar-refractivity contribution in [2.24, 2.45) is 11.3 Å². The molecule has 0 bridgehead atoms. The molecule has 2 fully saturated rings. The van der Waals surface area contributed by atoms with Crippen molar-refractivity contribution in [1.29, 1.82) is 0 Å². The first-order chi connectivity index (χ1) is 7.89. The predicted octanol–water partition coefficient (Wildman–Crippen LogP) is 2.26. The molecule has 100 valence electrons. The van der Waals surface area contributed by atoms with E-state index >= 15 is 0 Å². The Hall–Kier alpha value is -0.290. The van der Waals surface area contributed by atoms with Crippen LogP contribution in [0.4, 0.5) is 13.2 Å². The summed E-state index contributed by atoms with van der Waals surface area (Å²) in [5.74, 6) is -1.12. The molecule has 2 rings (SSSR count). The van der Waals surface area contributed by atoms with Crippen molar-refractivity contribution in [2.75, 3.05) is 32.7 Å². The van der Waals surface area contributed by atoms with E-state index in [2.05, 4.69) is 12.2 Å². The Morgan fingerprint density at radius 3 is 2.76 bits per heavy atom. The lowest BCUT2D eigenvalue weighted by atomic mass is 9.87. The molecule has 0 radical (unpaired) electrons. The molecule has 0 amide bonds. The zero-order chi connectivity index (χ0) is 12.5. The molecule has 2 saturated heterocycles. The predicted molar refractivity (Wildman–Crippen MR) is 60.8 cm³/mol. The van der Waals surface area contributed by atoms with Gasteiger partial charge >= 0.3 is 6.18 Å². The lowest BCUT2D eigenvalue weighted by molar-refractivity contribution is -0.187. The fraction of sp³-hybridized carbons (Fsp3) is 1.00. The SMILES string of the molecule is CC1(CN2CCCC(C(F)(F)F)C2)CCNC1. The van der Waals surface area contributed by atoms with Gasteiger partial charge in [0.15, 0.2) is 0 Å². The Labute approximate surface area is 101 Å². The Morgan fingerprint density at radius 2 is 2.18 bits per heavy atom. The van der Waals surface area contributed by atoms with Crippen LogP contribution in [0.15, 0.2) is 0 Å². The van der Waals surface area contributed by atoms with E-state index < -0.39 is 12.1 Å². The van der Waals surface area contributed by atoms with Crippen LogP contribution in [-0.2, 0) is 0 Å². The zero-order valence-electron chi connectivity index (χ0n) is 10.3. The highest BCUT2D eigenvalue weighted by Crippen LogP contribution is 2.35. The first-order valence-corrected chi connectivity index (χ1v) is 6.39. The van der Waals surface area contributed by atoms with Gasteiger partial charge in [-0.05, 0) is 37.8 Å². The summed E-state index contributed by atoms with van der Waals surface area (Å²) < 4.78 is 38.1. The zero-order valence-corrected chi connectivity index (χ0v) is 10.3. The van der Waals surface area contributed by atoms with E-state index in [1.807, 2.05) is 4.90 Å². The smallest absolute Gasteiger partial charge is 0.316 e. The summed E-state index contributed by atoms with van der Waals surface area (Å²) in [6.07, 6.45) is -1.98. The number of rotatable bonds is 2. The summed E-state index contributed by atoms with van der Waals surface area (Å²) in [4.78, 5) is 2.01. The first kappa shape index (κ1) is 13.1. The topological polar surface area (TPSA) is 15.3 Å². The number of likely N-dealkylation sites (tertiary alicyclic amines) is 1. The van der Waals surface area contributed by atoms with Crippen molar-refractivity contribution in [3.63, 3.8) is 0 Å². The van der Waals surface area contributed by atoms with Crippen molar-refractivity contribution in [3.05, 3.63) is 0 Å². The standard InChI is InChI=1S/C12H21F3N2/c1-11(4-5-16-8-11)9-17-6-2-3-10(7-17)12(13,14)15/h10,16H,2-9H2,1H3. The van der Waals surface area contributed by atoms with E-state index in [1.54, 1.807) is 0 Å². The van der Waals surface area contributed by atoms with Gasteiger partial charge in [0.25, 0.3) is 0 Å². The van der Waals surface area contributed by atoms with Crippen molar-refractivity contribution in [3.8, 4) is 0 Å². The third kappa shape index (κ3) is 3.35. The second-order valence-corrected chi connectivity index (χ2v) is 5.85. The molecule has 2 heterocycles. The van der Waals surface area contributed by atoms with Crippen LogP contribution in [0.1, 0.15) is 26.2 Å². The number of piperidine rings is 1. The van der Waals surface area contributed by atoms with E-state index in [0.29, 0.717) is 12.8 Å². The Morgan fingerprint density at radius 1 is 1.41 bits per heavy atom. The van der Waals surface area contributed by atoms with E-state index in [-0.39, 0.29) is 12.0 Å². The molecule has 0 aliphatic carbocycles. The second kappa shape index (κ2) is 4.76. The molecule has 0 aromatic heterocycles. The van der Waals surface area contributed by atoms with E-state index in [0.717, 1.165) is 32.6 Å². The summed E-state index contributed by atoms with van der Waals surface area (Å²) in [6, 6.07) is 0. The number of alkyl halides is 3. The highest BCUT2D eigenvalue weighted by atomic mass is 19.4. The Kier molecular flexibility index (Phi) is 3.69. The molecule has 0 aromatic carbocycles. The summed E-state index contributed by atoms with van der Waals surface area (Å²) in [5.41, 5.74) is 0.160. The van der Waals surface area contributed by atoms with Gasteiger partial charge in [0.05, 0.1) is 5.92 Å². The molecule has 2 nitrogen and oxygen atoms in total. The van der Waals surface area contributed by atoms with Crippen LogP contribution in [0.2, 0.25) is 0 Å². The van der Waals surface area contributed by atoms with E-state index in [9.17, 15) is 13.2 Å². The molecule has 0 spiro atoms. The fourth-order valence-corrected chi connectivity index (χ4v) is 3.01. The van der Waals surface area contributed by atoms with Crippen LogP contribution in [0, 0.1) is 11.3 Å². The van der Waals surface area contributed by atoms with Crippen LogP contribution >= 0.6 is 0 Å². The van der Waals surface area contributed by atoms with Crippen molar-refractivity contribution >= 4 is 0 Å². The molecular formula is C12H21F3N2. The van der Waals surface area contributed by atoms with Crippen LogP contribution in [0.5, 0.6) is 0 Å². The van der Waals surface area contributed by atoms with Crippen molar-refractivity contribution in [1.82, 2.24) is 10.2 Å². The van der Waals surface area contributed by atoms with Gasteiger partial charge < -0.3 is 10.2 Å². The minimum atomic E-state index is -4.02. The Balaban J connectivity index is 1.89. The maximum atomic E-state index is 12.7. The molecule has 17 heavy (non-hydrogen) atoms. The lowest BCUT2D eigenvalue weighted by Crippen LogP contribution is -2.46. The summed E-state index contributed by atoms with van der Waals surface area (Å²) >= 11 is 0. The number of hydrogen-bond donors (Lipinski definition) is 1. The van der Waals surface area contributed by atoms with Crippen LogP contribution in [0.3, 0.4) is 0 Å². The Bertz CT molecular complexity index is 259. The van der Waals surface area contributed by atoms with Gasteiger partial charge in [-0.25, -0.2) is 0 Å². The van der Waals surface area contributed by atoms with Gasteiger partial charge in [-0.1, -0.05) is 6.92 Å². The average Bonchev–Trinajstić information content (AvgIpc) is 2.64. The van der Waals surface area contributed by atoms with Gasteiger partial charge in [0, 0.05) is 19.6 Å². The number of nitrogens with zero attached hydrogens (tertiary/aromatic N) is 1. The fourth-order valence-electron chi connectivity index (χ4n) is 3.01. The molecule has 0 saturated carbocycles. The third-order valence-electron chi connectivity index (χ3n) is 4.03. The van der Waals surface area contributed by atoms with Crippen LogP contribution < -0.4 is 5.32 Å². The number of halogens is 3. The van der Waals surface area contributed by atoms with Crippen molar-refractivity contribution < 1.29 is 13.2 Å². The van der Waals surface area contributed by atoms with Gasteiger partial charge in [-0.15, -0.1) is 0 Å². The largest absolute Gasteiger partial charge is 0.393 e. The average molecular weight is 250 g/mol. The maximum Gasteiger partial charge on any atom is 0.393 e. The molecule has 2 atom stereocenters. The highest BCUT2D eigenvalue weighted by molar-refractivity contribution is 4.88. The molecule has 2 aliphatic rings. The number of hydrogen-bond acceptors (Lipinski definition) is 2.